The van der Waals surface area contributed by atoms with Crippen LogP contribution in [0.1, 0.15) is 31.1 Å². The molecule has 1 rings (SSSR count). The lowest BCUT2D eigenvalue weighted by atomic mass is 10.0. The van der Waals surface area contributed by atoms with E-state index in [2.05, 4.69) is 0 Å². The van der Waals surface area contributed by atoms with E-state index >= 15 is 0 Å². The SMILES string of the molecule is C/C=C\C(=O)N(C=O)c1ccc(C(=O)C(C)C)cc1. The molecule has 0 spiro atoms. The van der Waals surface area contributed by atoms with Crippen molar-refractivity contribution < 1.29 is 14.4 Å². The standard InChI is InChI=1S/C15H17NO3/c1-4-5-14(18)16(10-17)13-8-6-12(7-9-13)15(19)11(2)3/h4-11H,1-3H3/b5-4-. The first kappa shape index (κ1) is 14.8. The highest BCUT2D eigenvalue weighted by Gasteiger charge is 2.14. The summed E-state index contributed by atoms with van der Waals surface area (Å²) in [6.45, 7) is 5.35. The number of allylic oxidation sites excluding steroid dienone is 1. The third-order valence-electron chi connectivity index (χ3n) is 2.61. The van der Waals surface area contributed by atoms with Gasteiger partial charge in [-0.3, -0.25) is 14.4 Å². The molecule has 1 aromatic carbocycles. The quantitative estimate of drug-likeness (QED) is 0.464. The van der Waals surface area contributed by atoms with Crippen LogP contribution in [0, 0.1) is 5.92 Å². The largest absolute Gasteiger partial charge is 0.294 e. The van der Waals surface area contributed by atoms with Crippen molar-refractivity contribution in [1.82, 2.24) is 0 Å². The molecule has 0 fully saturated rings. The molecular weight excluding hydrogens is 242 g/mol. The highest BCUT2D eigenvalue weighted by atomic mass is 16.2. The Hall–Kier alpha value is -2.23. The Labute approximate surface area is 112 Å². The van der Waals surface area contributed by atoms with Gasteiger partial charge in [0, 0.05) is 11.5 Å². The van der Waals surface area contributed by atoms with E-state index in [1.807, 2.05) is 13.8 Å². The van der Waals surface area contributed by atoms with E-state index in [0.29, 0.717) is 17.7 Å². The number of nitrogens with zero attached hydrogens (tertiary/aromatic N) is 1. The maximum absolute atomic E-state index is 11.8. The van der Waals surface area contributed by atoms with Gasteiger partial charge < -0.3 is 0 Å². The predicted molar refractivity (Wildman–Crippen MR) is 74.0 cm³/mol. The van der Waals surface area contributed by atoms with Crippen LogP contribution in [0.4, 0.5) is 5.69 Å². The number of hydrogen-bond donors (Lipinski definition) is 0. The number of carbonyl (C=O) groups excluding carboxylic acids is 3. The van der Waals surface area contributed by atoms with E-state index in [9.17, 15) is 14.4 Å². The summed E-state index contributed by atoms with van der Waals surface area (Å²) in [6.07, 6.45) is 3.33. The minimum Gasteiger partial charge on any atom is -0.294 e. The van der Waals surface area contributed by atoms with Gasteiger partial charge in [0.1, 0.15) is 0 Å². The van der Waals surface area contributed by atoms with Crippen molar-refractivity contribution in [3.63, 3.8) is 0 Å². The molecule has 0 N–H and O–H groups in total. The first-order chi connectivity index (χ1) is 9.01. The first-order valence-corrected chi connectivity index (χ1v) is 6.06. The Morgan fingerprint density at radius 2 is 1.74 bits per heavy atom. The maximum atomic E-state index is 11.8. The average Bonchev–Trinajstić information content (AvgIpc) is 2.39. The number of anilines is 1. The van der Waals surface area contributed by atoms with Crippen molar-refractivity contribution in [3.8, 4) is 0 Å². The molecule has 19 heavy (non-hydrogen) atoms. The van der Waals surface area contributed by atoms with Gasteiger partial charge in [-0.1, -0.05) is 19.9 Å². The van der Waals surface area contributed by atoms with Crippen LogP contribution in [-0.2, 0) is 9.59 Å². The second kappa shape index (κ2) is 6.64. The number of ketones is 1. The number of amides is 2. The lowest BCUT2D eigenvalue weighted by molar-refractivity contribution is -0.118. The Kier molecular flexibility index (Phi) is 5.18. The summed E-state index contributed by atoms with van der Waals surface area (Å²) in [4.78, 5) is 35.4. The van der Waals surface area contributed by atoms with Gasteiger partial charge in [-0.2, -0.15) is 0 Å². The number of rotatable bonds is 5. The molecule has 0 aliphatic rings. The van der Waals surface area contributed by atoms with Crippen LogP contribution >= 0.6 is 0 Å². The van der Waals surface area contributed by atoms with E-state index in [1.54, 1.807) is 37.3 Å². The maximum Gasteiger partial charge on any atom is 0.257 e. The second-order valence-corrected chi connectivity index (χ2v) is 4.38. The highest BCUT2D eigenvalue weighted by molar-refractivity contribution is 6.12. The fraction of sp³-hybridized carbons (Fsp3) is 0.267. The molecule has 0 saturated heterocycles. The van der Waals surface area contributed by atoms with Gasteiger partial charge in [0.05, 0.1) is 5.69 Å². The summed E-state index contributed by atoms with van der Waals surface area (Å²) in [6, 6.07) is 6.42. The Morgan fingerprint density at radius 3 is 2.16 bits per heavy atom. The van der Waals surface area contributed by atoms with Gasteiger partial charge in [0.25, 0.3) is 5.91 Å². The number of imide groups is 1. The summed E-state index contributed by atoms with van der Waals surface area (Å²) in [5, 5.41) is 0. The van der Waals surface area contributed by atoms with Crippen molar-refractivity contribution in [2.24, 2.45) is 5.92 Å². The number of hydrogen-bond acceptors (Lipinski definition) is 3. The lowest BCUT2D eigenvalue weighted by Crippen LogP contribution is -2.27. The summed E-state index contributed by atoms with van der Waals surface area (Å²) >= 11 is 0. The van der Waals surface area contributed by atoms with Crippen LogP contribution in [0.2, 0.25) is 0 Å². The van der Waals surface area contributed by atoms with Gasteiger partial charge in [0.2, 0.25) is 6.41 Å². The molecule has 4 heteroatoms. The number of benzene rings is 1. The van der Waals surface area contributed by atoms with Gasteiger partial charge in [0.15, 0.2) is 5.78 Å². The highest BCUT2D eigenvalue weighted by Crippen LogP contribution is 2.16. The Balaban J connectivity index is 3.00. The summed E-state index contributed by atoms with van der Waals surface area (Å²) < 4.78 is 0. The zero-order valence-corrected chi connectivity index (χ0v) is 11.3. The number of Topliss-reactive ketones (excluding diaryl/α,β-unsaturated/α-hetero) is 1. The molecule has 0 saturated carbocycles. The molecule has 0 unspecified atom stereocenters. The Bertz CT molecular complexity index is 501. The minimum absolute atomic E-state index is 0.0315. The molecule has 0 aliphatic heterocycles. The Morgan fingerprint density at radius 1 is 1.16 bits per heavy atom. The monoisotopic (exact) mass is 259 g/mol. The lowest BCUT2D eigenvalue weighted by Gasteiger charge is -2.14. The topological polar surface area (TPSA) is 54.5 Å². The summed E-state index contributed by atoms with van der Waals surface area (Å²) in [5.41, 5.74) is 1.02. The first-order valence-electron chi connectivity index (χ1n) is 6.06. The van der Waals surface area contributed by atoms with E-state index in [1.165, 1.54) is 6.08 Å². The minimum atomic E-state index is -0.416. The van der Waals surface area contributed by atoms with Gasteiger partial charge in [-0.25, -0.2) is 4.90 Å². The van der Waals surface area contributed by atoms with E-state index in [4.69, 9.17) is 0 Å². The fourth-order valence-corrected chi connectivity index (χ4v) is 1.58. The van der Waals surface area contributed by atoms with Crippen molar-refractivity contribution in [2.45, 2.75) is 20.8 Å². The molecule has 1 aromatic rings. The predicted octanol–water partition coefficient (Wildman–Crippen LogP) is 2.59. The molecule has 0 atom stereocenters. The van der Waals surface area contributed by atoms with E-state index in [0.717, 1.165) is 4.90 Å². The van der Waals surface area contributed by atoms with Crippen LogP contribution in [0.25, 0.3) is 0 Å². The van der Waals surface area contributed by atoms with Crippen molar-refractivity contribution in [1.29, 1.82) is 0 Å². The summed E-state index contributed by atoms with van der Waals surface area (Å²) in [5.74, 6) is -0.470. The van der Waals surface area contributed by atoms with Gasteiger partial charge in [-0.05, 0) is 37.3 Å². The third kappa shape index (κ3) is 3.61. The average molecular weight is 259 g/mol. The zero-order valence-electron chi connectivity index (χ0n) is 11.3. The molecule has 0 heterocycles. The molecule has 0 aromatic heterocycles. The molecule has 0 aliphatic carbocycles. The third-order valence-corrected chi connectivity index (χ3v) is 2.61. The molecule has 4 nitrogen and oxygen atoms in total. The number of carbonyl (C=O) groups is 3. The molecule has 0 bridgehead atoms. The van der Waals surface area contributed by atoms with Crippen LogP contribution in [0.15, 0.2) is 36.4 Å². The van der Waals surface area contributed by atoms with Crippen LogP contribution < -0.4 is 4.90 Å². The van der Waals surface area contributed by atoms with Gasteiger partial charge in [-0.15, -0.1) is 0 Å². The molecule has 100 valence electrons. The zero-order chi connectivity index (χ0) is 14.4. The van der Waals surface area contributed by atoms with Crippen molar-refractivity contribution in [2.75, 3.05) is 4.90 Å². The smallest absolute Gasteiger partial charge is 0.257 e. The van der Waals surface area contributed by atoms with Crippen molar-refractivity contribution in [3.05, 3.63) is 42.0 Å². The molecular formula is C15H17NO3. The molecule has 2 amide bonds. The van der Waals surface area contributed by atoms with Crippen LogP contribution in [0.5, 0.6) is 0 Å². The van der Waals surface area contributed by atoms with Crippen LogP contribution in [-0.4, -0.2) is 18.1 Å². The van der Waals surface area contributed by atoms with Crippen molar-refractivity contribution >= 4 is 23.8 Å². The van der Waals surface area contributed by atoms with Gasteiger partial charge >= 0.3 is 0 Å². The van der Waals surface area contributed by atoms with E-state index < -0.39 is 5.91 Å². The van der Waals surface area contributed by atoms with E-state index in [-0.39, 0.29) is 11.7 Å². The summed E-state index contributed by atoms with van der Waals surface area (Å²) in [7, 11) is 0. The second-order valence-electron chi connectivity index (χ2n) is 4.38. The normalized spacial score (nSPS) is 10.7. The molecule has 0 radical (unpaired) electrons. The van der Waals surface area contributed by atoms with Crippen LogP contribution in [0.3, 0.4) is 0 Å². The fourth-order valence-electron chi connectivity index (χ4n) is 1.58.